The van der Waals surface area contributed by atoms with Crippen LogP contribution >= 0.6 is 24.0 Å². The Bertz CT molecular complexity index is 658. The first-order valence-corrected chi connectivity index (χ1v) is 11.0. The molecule has 1 aromatic carbocycles. The molecule has 0 bridgehead atoms. The van der Waals surface area contributed by atoms with Crippen LogP contribution in [0, 0.1) is 0 Å². The van der Waals surface area contributed by atoms with E-state index in [0.29, 0.717) is 11.3 Å². The van der Waals surface area contributed by atoms with Gasteiger partial charge >= 0.3 is 0 Å². The number of ether oxygens (including phenoxy) is 2. The van der Waals surface area contributed by atoms with E-state index in [9.17, 15) is 4.21 Å². The number of aliphatic imine (C=N–C) groups is 1. The molecule has 1 aromatic rings. The molecule has 0 aliphatic heterocycles. The summed E-state index contributed by atoms with van der Waals surface area (Å²) in [7, 11) is 4.41. The highest BCUT2D eigenvalue weighted by Crippen LogP contribution is 2.24. The van der Waals surface area contributed by atoms with E-state index in [-0.39, 0.29) is 24.0 Å². The van der Waals surface area contributed by atoms with Crippen LogP contribution in [-0.2, 0) is 17.2 Å². The van der Waals surface area contributed by atoms with Crippen molar-refractivity contribution < 1.29 is 13.7 Å². The minimum atomic E-state index is -0.714. The van der Waals surface area contributed by atoms with Crippen molar-refractivity contribution >= 4 is 40.7 Å². The molecule has 2 N–H and O–H groups in total. The second-order valence-corrected chi connectivity index (χ2v) is 8.73. The van der Waals surface area contributed by atoms with Gasteiger partial charge in [0.05, 0.1) is 14.2 Å². The standard InChI is InChI=1S/C20H33N3O3S.HI/c1-5-27(24)18-8-6-7-16(14-18)23-20(21-2)22-12-11-15-13-17(25-3)9-10-19(15)26-4;/h9-10,13,16,18H,5-8,11-12,14H2,1-4H3,(H2,21,22,23);1H. The molecule has 0 aromatic heterocycles. The van der Waals surface area contributed by atoms with Crippen molar-refractivity contribution in [3.63, 3.8) is 0 Å². The lowest BCUT2D eigenvalue weighted by atomic mass is 9.95. The van der Waals surface area contributed by atoms with Crippen molar-refractivity contribution in [2.24, 2.45) is 4.99 Å². The number of methoxy groups -OCH3 is 2. The fourth-order valence-electron chi connectivity index (χ4n) is 3.53. The van der Waals surface area contributed by atoms with Crippen molar-refractivity contribution in [2.45, 2.75) is 50.3 Å². The highest BCUT2D eigenvalue weighted by molar-refractivity contribution is 14.0. The lowest BCUT2D eigenvalue weighted by Crippen LogP contribution is -2.47. The Balaban J connectivity index is 0.00000392. The molecular weight excluding hydrogens is 489 g/mol. The zero-order valence-electron chi connectivity index (χ0n) is 17.3. The Morgan fingerprint density at radius 2 is 2.07 bits per heavy atom. The monoisotopic (exact) mass is 523 g/mol. The third-order valence-electron chi connectivity index (χ3n) is 5.02. The molecule has 1 aliphatic carbocycles. The van der Waals surface area contributed by atoms with Gasteiger partial charge < -0.3 is 20.1 Å². The molecule has 6 nitrogen and oxygen atoms in total. The number of guanidine groups is 1. The van der Waals surface area contributed by atoms with Crippen LogP contribution in [0.3, 0.4) is 0 Å². The molecule has 0 amide bonds. The number of rotatable bonds is 8. The van der Waals surface area contributed by atoms with Crippen LogP contribution in [0.1, 0.15) is 38.2 Å². The zero-order valence-corrected chi connectivity index (χ0v) is 20.5. The van der Waals surface area contributed by atoms with Gasteiger partial charge in [0.1, 0.15) is 11.5 Å². The van der Waals surface area contributed by atoms with E-state index in [1.54, 1.807) is 21.3 Å². The first kappa shape index (κ1) is 25.0. The third kappa shape index (κ3) is 7.42. The van der Waals surface area contributed by atoms with Gasteiger partial charge in [0.15, 0.2) is 5.96 Å². The molecule has 0 radical (unpaired) electrons. The SMILES string of the molecule is CCS(=O)C1CCCC(NC(=NC)NCCc2cc(OC)ccc2OC)C1.I. The molecule has 1 fully saturated rings. The normalized spacial score (nSPS) is 20.6. The molecular formula is C20H34IN3O3S. The van der Waals surface area contributed by atoms with Gasteiger partial charge in [0, 0.05) is 41.4 Å². The zero-order chi connectivity index (χ0) is 19.6. The van der Waals surface area contributed by atoms with Gasteiger partial charge in [-0.2, -0.15) is 0 Å². The number of nitrogens with zero attached hydrogens (tertiary/aromatic N) is 1. The Kier molecular flexibility index (Phi) is 11.8. The average Bonchev–Trinajstić information content (AvgIpc) is 2.72. The minimum absolute atomic E-state index is 0. The number of halogens is 1. The van der Waals surface area contributed by atoms with Crippen LogP contribution < -0.4 is 20.1 Å². The van der Waals surface area contributed by atoms with E-state index >= 15 is 0 Å². The molecule has 28 heavy (non-hydrogen) atoms. The van der Waals surface area contributed by atoms with Crippen LogP contribution in [0.15, 0.2) is 23.2 Å². The lowest BCUT2D eigenvalue weighted by Gasteiger charge is -2.30. The summed E-state index contributed by atoms with van der Waals surface area (Å²) in [6.45, 7) is 2.74. The predicted molar refractivity (Wildman–Crippen MR) is 128 cm³/mol. The fraction of sp³-hybridized carbons (Fsp3) is 0.650. The molecule has 0 saturated heterocycles. The van der Waals surface area contributed by atoms with Gasteiger partial charge in [-0.25, -0.2) is 0 Å². The van der Waals surface area contributed by atoms with Gasteiger partial charge in [-0.1, -0.05) is 13.3 Å². The summed E-state index contributed by atoms with van der Waals surface area (Å²) in [5, 5.41) is 7.19. The summed E-state index contributed by atoms with van der Waals surface area (Å²) in [6, 6.07) is 6.16. The largest absolute Gasteiger partial charge is 0.497 e. The van der Waals surface area contributed by atoms with Gasteiger partial charge in [-0.15, -0.1) is 24.0 Å². The van der Waals surface area contributed by atoms with Crippen LogP contribution in [0.2, 0.25) is 0 Å². The topological polar surface area (TPSA) is 72.0 Å². The van der Waals surface area contributed by atoms with Gasteiger partial charge in [-0.3, -0.25) is 9.20 Å². The molecule has 1 saturated carbocycles. The van der Waals surface area contributed by atoms with E-state index in [4.69, 9.17) is 9.47 Å². The minimum Gasteiger partial charge on any atom is -0.497 e. The maximum Gasteiger partial charge on any atom is 0.191 e. The molecule has 3 unspecified atom stereocenters. The van der Waals surface area contributed by atoms with Crippen LogP contribution in [0.25, 0.3) is 0 Å². The fourth-order valence-corrected chi connectivity index (χ4v) is 4.88. The van der Waals surface area contributed by atoms with Crippen LogP contribution in [0.5, 0.6) is 11.5 Å². The second kappa shape index (κ2) is 13.2. The highest BCUT2D eigenvalue weighted by atomic mass is 127. The van der Waals surface area contributed by atoms with E-state index < -0.39 is 10.8 Å². The molecule has 3 atom stereocenters. The summed E-state index contributed by atoms with van der Waals surface area (Å²) >= 11 is 0. The van der Waals surface area contributed by atoms with Crippen molar-refractivity contribution in [1.29, 1.82) is 0 Å². The number of hydrogen-bond acceptors (Lipinski definition) is 4. The van der Waals surface area contributed by atoms with Crippen LogP contribution in [0.4, 0.5) is 0 Å². The summed E-state index contributed by atoms with van der Waals surface area (Å²) in [5.74, 6) is 3.22. The maximum atomic E-state index is 12.1. The van der Waals surface area contributed by atoms with Crippen molar-refractivity contribution in [3.8, 4) is 11.5 Å². The quantitative estimate of drug-likeness (QED) is 0.311. The smallest absolute Gasteiger partial charge is 0.191 e. The summed E-state index contributed by atoms with van der Waals surface area (Å²) < 4.78 is 22.9. The molecule has 2 rings (SSSR count). The van der Waals surface area contributed by atoms with Gasteiger partial charge in [-0.05, 0) is 49.4 Å². The Hall–Kier alpha value is -1.03. The number of hydrogen-bond donors (Lipinski definition) is 2. The number of benzene rings is 1. The second-order valence-electron chi connectivity index (χ2n) is 6.73. The Morgan fingerprint density at radius 1 is 1.29 bits per heavy atom. The Labute approximate surface area is 188 Å². The molecule has 160 valence electrons. The van der Waals surface area contributed by atoms with E-state index in [1.807, 2.05) is 25.1 Å². The molecule has 1 aliphatic rings. The van der Waals surface area contributed by atoms with E-state index in [0.717, 1.165) is 67.4 Å². The van der Waals surface area contributed by atoms with Gasteiger partial charge in [0.25, 0.3) is 0 Å². The Morgan fingerprint density at radius 3 is 2.71 bits per heavy atom. The molecule has 8 heteroatoms. The van der Waals surface area contributed by atoms with Crippen LogP contribution in [-0.4, -0.2) is 55.0 Å². The summed E-state index contributed by atoms with van der Waals surface area (Å²) in [6.07, 6.45) is 5.03. The van der Waals surface area contributed by atoms with E-state index in [2.05, 4.69) is 15.6 Å². The summed E-state index contributed by atoms with van der Waals surface area (Å²) in [4.78, 5) is 4.34. The number of nitrogens with one attached hydrogen (secondary N) is 2. The average molecular weight is 523 g/mol. The first-order chi connectivity index (χ1) is 13.1. The predicted octanol–water partition coefficient (Wildman–Crippen LogP) is 3.11. The molecule has 0 heterocycles. The third-order valence-corrected chi connectivity index (χ3v) is 6.76. The van der Waals surface area contributed by atoms with Gasteiger partial charge in [0.2, 0.25) is 0 Å². The van der Waals surface area contributed by atoms with Crippen molar-refractivity contribution in [2.75, 3.05) is 33.6 Å². The molecule has 0 spiro atoms. The van der Waals surface area contributed by atoms with E-state index in [1.165, 1.54) is 0 Å². The highest BCUT2D eigenvalue weighted by Gasteiger charge is 2.26. The summed E-state index contributed by atoms with van der Waals surface area (Å²) in [5.41, 5.74) is 1.09. The lowest BCUT2D eigenvalue weighted by molar-refractivity contribution is 0.398. The first-order valence-electron chi connectivity index (χ1n) is 9.66. The van der Waals surface area contributed by atoms with Crippen molar-refractivity contribution in [1.82, 2.24) is 10.6 Å². The maximum absolute atomic E-state index is 12.1. The van der Waals surface area contributed by atoms with Crippen molar-refractivity contribution in [3.05, 3.63) is 23.8 Å².